The van der Waals surface area contributed by atoms with Gasteiger partial charge in [0.1, 0.15) is 5.69 Å². The Balaban J connectivity index is 2.07. The number of hydrogen-bond donors (Lipinski definition) is 2. The molecule has 0 aromatic heterocycles. The summed E-state index contributed by atoms with van der Waals surface area (Å²) >= 11 is 0. The van der Waals surface area contributed by atoms with E-state index in [1.807, 2.05) is 0 Å². The van der Waals surface area contributed by atoms with Crippen molar-refractivity contribution < 1.29 is 4.99 Å². The monoisotopic (exact) mass is 337 g/mol. The van der Waals surface area contributed by atoms with Crippen LogP contribution in [0.1, 0.15) is 57.2 Å². The third-order valence-electron chi connectivity index (χ3n) is 4.48. The van der Waals surface area contributed by atoms with Gasteiger partial charge < -0.3 is 0 Å². The molecule has 0 fully saturated rings. The van der Waals surface area contributed by atoms with Gasteiger partial charge in [0.15, 0.2) is 0 Å². The molecule has 0 aliphatic heterocycles. The van der Waals surface area contributed by atoms with Gasteiger partial charge in [-0.3, -0.25) is 5.73 Å². The Hall–Kier alpha value is -2.09. The Morgan fingerprint density at radius 2 is 1.20 bits per heavy atom. The first-order valence-electron chi connectivity index (χ1n) is 9.42. The highest BCUT2D eigenvalue weighted by molar-refractivity contribution is 5.82. The normalized spacial score (nSPS) is 13.5. The fourth-order valence-electron chi connectivity index (χ4n) is 3.06. The Bertz CT molecular complexity index is 679. The summed E-state index contributed by atoms with van der Waals surface area (Å²) in [6.07, 6.45) is 2.23. The molecule has 0 unspecified atom stereocenters. The number of nitrogens with one attached hydrogen (secondary N) is 1. The zero-order valence-corrected chi connectivity index (χ0v) is 16.3. The summed E-state index contributed by atoms with van der Waals surface area (Å²) in [7, 11) is 0. The van der Waals surface area contributed by atoms with Gasteiger partial charge in [-0.25, -0.2) is 4.99 Å². The van der Waals surface area contributed by atoms with Crippen LogP contribution in [0, 0.1) is 11.8 Å². The van der Waals surface area contributed by atoms with Crippen LogP contribution >= 0.6 is 0 Å². The van der Waals surface area contributed by atoms with E-state index < -0.39 is 0 Å². The molecule has 0 spiro atoms. The molecule has 2 aromatic carbocycles. The molecule has 2 rings (SSSR count). The molecule has 3 N–H and O–H groups in total. The third kappa shape index (κ3) is 6.04. The second-order valence-electron chi connectivity index (χ2n) is 7.94. The molecule has 1 atom stereocenters. The highest BCUT2D eigenvalue weighted by Gasteiger charge is 2.15. The summed E-state index contributed by atoms with van der Waals surface area (Å²) in [6.45, 7) is 11.1. The standard InChI is InChI=1S/C23H32N2/c1-16(2)14-19-6-10-21(11-7-19)18(5)23(24)25-22-12-8-20(9-13-22)15-17(3)4/h6-13,16-18H,14-15H2,1-5H3,(H2,24,25)/p+1/t18-/m0/s1. The predicted molar refractivity (Wildman–Crippen MR) is 108 cm³/mol. The average molecular weight is 338 g/mol. The van der Waals surface area contributed by atoms with Crippen molar-refractivity contribution in [1.29, 1.82) is 0 Å². The molecular formula is C23H33N2+. The SMILES string of the molecule is CC(C)Cc1ccc([NH+]=C(N)[C@@H](C)c2ccc(CC(C)C)cc2)cc1. The van der Waals surface area contributed by atoms with Gasteiger partial charge >= 0.3 is 0 Å². The largest absolute Gasteiger partial charge is 0.290 e. The number of rotatable bonds is 7. The van der Waals surface area contributed by atoms with E-state index in [-0.39, 0.29) is 5.92 Å². The molecule has 25 heavy (non-hydrogen) atoms. The topological polar surface area (TPSA) is 40.0 Å². The smallest absolute Gasteiger partial charge is 0.252 e. The summed E-state index contributed by atoms with van der Waals surface area (Å²) in [5.41, 5.74) is 11.4. The summed E-state index contributed by atoms with van der Waals surface area (Å²) in [5, 5.41) is 0. The van der Waals surface area contributed by atoms with Crippen molar-refractivity contribution in [2.45, 2.75) is 53.4 Å². The highest BCUT2D eigenvalue weighted by atomic mass is 14.9. The van der Waals surface area contributed by atoms with Crippen LogP contribution < -0.4 is 10.7 Å². The molecule has 0 amide bonds. The van der Waals surface area contributed by atoms with Crippen molar-refractivity contribution in [3.05, 3.63) is 65.2 Å². The second-order valence-corrected chi connectivity index (χ2v) is 7.94. The molecule has 2 nitrogen and oxygen atoms in total. The van der Waals surface area contributed by atoms with Crippen LogP contribution in [0.25, 0.3) is 0 Å². The van der Waals surface area contributed by atoms with Gasteiger partial charge in [-0.05, 0) is 60.4 Å². The van der Waals surface area contributed by atoms with Crippen molar-refractivity contribution in [2.24, 2.45) is 17.6 Å². The maximum atomic E-state index is 6.32. The van der Waals surface area contributed by atoms with E-state index in [0.717, 1.165) is 24.4 Å². The average Bonchev–Trinajstić information content (AvgIpc) is 2.55. The van der Waals surface area contributed by atoms with Crippen LogP contribution in [0.3, 0.4) is 0 Å². The lowest BCUT2D eigenvalue weighted by Gasteiger charge is -2.10. The molecule has 0 bridgehead atoms. The van der Waals surface area contributed by atoms with Crippen molar-refractivity contribution in [1.82, 2.24) is 0 Å². The quantitative estimate of drug-likeness (QED) is 0.583. The number of nitrogens with two attached hydrogens (primary N) is 1. The molecule has 0 aliphatic carbocycles. The first-order chi connectivity index (χ1) is 11.8. The third-order valence-corrected chi connectivity index (χ3v) is 4.48. The number of hydrogen-bond acceptors (Lipinski definition) is 0. The molecule has 2 heteroatoms. The van der Waals surface area contributed by atoms with Crippen LogP contribution in [0.2, 0.25) is 0 Å². The minimum Gasteiger partial charge on any atom is -0.290 e. The fourth-order valence-corrected chi connectivity index (χ4v) is 3.06. The van der Waals surface area contributed by atoms with Crippen LogP contribution in [0.4, 0.5) is 5.69 Å². The first kappa shape index (κ1) is 19.2. The molecule has 0 radical (unpaired) electrons. The van der Waals surface area contributed by atoms with E-state index in [1.54, 1.807) is 0 Å². The first-order valence-corrected chi connectivity index (χ1v) is 9.42. The number of benzene rings is 2. The van der Waals surface area contributed by atoms with Crippen molar-refractivity contribution in [3.63, 3.8) is 0 Å². The molecule has 2 aromatic rings. The maximum absolute atomic E-state index is 6.32. The Morgan fingerprint density at radius 1 is 0.760 bits per heavy atom. The Kier molecular flexibility index (Phi) is 6.81. The van der Waals surface area contributed by atoms with Crippen molar-refractivity contribution in [2.75, 3.05) is 0 Å². The Labute approximate surface area is 153 Å². The minimum absolute atomic E-state index is 0.170. The van der Waals surface area contributed by atoms with Gasteiger partial charge in [0.05, 0.1) is 5.92 Å². The van der Waals surface area contributed by atoms with Gasteiger partial charge in [-0.1, -0.05) is 64.1 Å². The van der Waals surface area contributed by atoms with Gasteiger partial charge in [-0.15, -0.1) is 0 Å². The van der Waals surface area contributed by atoms with Gasteiger partial charge in [0.2, 0.25) is 0 Å². The lowest BCUT2D eigenvalue weighted by Crippen LogP contribution is -2.70. The number of amidine groups is 1. The van der Waals surface area contributed by atoms with Gasteiger partial charge in [0.25, 0.3) is 5.84 Å². The second kappa shape index (κ2) is 8.84. The van der Waals surface area contributed by atoms with Crippen molar-refractivity contribution in [3.8, 4) is 0 Å². The fraction of sp³-hybridized carbons (Fsp3) is 0.435. The van der Waals surface area contributed by atoms with E-state index in [4.69, 9.17) is 5.73 Å². The zero-order valence-electron chi connectivity index (χ0n) is 16.3. The van der Waals surface area contributed by atoms with Crippen molar-refractivity contribution >= 4 is 11.5 Å². The lowest BCUT2D eigenvalue weighted by molar-refractivity contribution is -0.357. The van der Waals surface area contributed by atoms with E-state index in [1.165, 1.54) is 16.7 Å². The van der Waals surface area contributed by atoms with Gasteiger partial charge in [0, 0.05) is 0 Å². The van der Waals surface area contributed by atoms with Crippen LogP contribution in [-0.4, -0.2) is 5.84 Å². The zero-order chi connectivity index (χ0) is 18.4. The molecular weight excluding hydrogens is 304 g/mol. The van der Waals surface area contributed by atoms with Gasteiger partial charge in [-0.2, -0.15) is 0 Å². The molecule has 0 saturated carbocycles. The molecule has 0 aliphatic rings. The lowest BCUT2D eigenvalue weighted by atomic mass is 9.96. The van der Waals surface area contributed by atoms with E-state index in [2.05, 4.69) is 88.1 Å². The summed E-state index contributed by atoms with van der Waals surface area (Å²) in [4.78, 5) is 3.36. The van der Waals surface area contributed by atoms with Crippen LogP contribution in [0.15, 0.2) is 48.5 Å². The van der Waals surface area contributed by atoms with E-state index in [9.17, 15) is 0 Å². The molecule has 0 heterocycles. The van der Waals surface area contributed by atoms with Crippen LogP contribution in [0.5, 0.6) is 0 Å². The highest BCUT2D eigenvalue weighted by Crippen LogP contribution is 2.17. The molecule has 0 saturated heterocycles. The summed E-state index contributed by atoms with van der Waals surface area (Å²) in [5.74, 6) is 2.31. The maximum Gasteiger partial charge on any atom is 0.252 e. The predicted octanol–water partition coefficient (Wildman–Crippen LogP) is 3.96. The summed E-state index contributed by atoms with van der Waals surface area (Å²) < 4.78 is 0. The summed E-state index contributed by atoms with van der Waals surface area (Å²) in [6, 6.07) is 17.4. The molecule has 134 valence electrons. The van der Waals surface area contributed by atoms with E-state index >= 15 is 0 Å². The van der Waals surface area contributed by atoms with Crippen LogP contribution in [-0.2, 0) is 12.8 Å². The van der Waals surface area contributed by atoms with E-state index in [0.29, 0.717) is 11.8 Å². The Morgan fingerprint density at radius 3 is 1.64 bits per heavy atom. The minimum atomic E-state index is 0.170.